The highest BCUT2D eigenvalue weighted by atomic mass is 16.5. The summed E-state index contributed by atoms with van der Waals surface area (Å²) in [4.78, 5) is 35.9. The molecule has 0 radical (unpaired) electrons. The molecule has 1 aliphatic heterocycles. The Morgan fingerprint density at radius 2 is 2.26 bits per heavy atom. The first-order valence-electron chi connectivity index (χ1n) is 7.14. The summed E-state index contributed by atoms with van der Waals surface area (Å²) < 4.78 is 7.24. The van der Waals surface area contributed by atoms with E-state index in [1.54, 1.807) is 6.92 Å². The van der Waals surface area contributed by atoms with Crippen LogP contribution >= 0.6 is 0 Å². The molecule has 4 atom stereocenters. The minimum Gasteiger partial charge on any atom is -0.394 e. The highest BCUT2D eigenvalue weighted by Crippen LogP contribution is 2.26. The Hall–Kier alpha value is -2.01. The van der Waals surface area contributed by atoms with Crippen LogP contribution in [0.4, 0.5) is 0 Å². The molecule has 1 aliphatic rings. The smallest absolute Gasteiger partial charge is 0.333 e. The van der Waals surface area contributed by atoms with E-state index in [-0.39, 0.29) is 13.0 Å². The zero-order valence-corrected chi connectivity index (χ0v) is 12.6. The van der Waals surface area contributed by atoms with E-state index < -0.39 is 48.3 Å². The maximum Gasteiger partial charge on any atom is 0.333 e. The molecular formula is C13H20N4O6. The summed E-state index contributed by atoms with van der Waals surface area (Å²) in [5.74, 6) is -0.572. The normalized spacial score (nSPS) is 25.3. The molecule has 0 bridgehead atoms. The Bertz CT molecular complexity index is 682. The van der Waals surface area contributed by atoms with Crippen LogP contribution in [0, 0.1) is 0 Å². The average Bonchev–Trinajstić information content (AvgIpc) is 2.83. The van der Waals surface area contributed by atoms with Crippen LogP contribution in [0.5, 0.6) is 0 Å². The lowest BCUT2D eigenvalue weighted by molar-refractivity contribution is -0.122. The maximum atomic E-state index is 12.4. The molecule has 10 heteroatoms. The van der Waals surface area contributed by atoms with Crippen molar-refractivity contribution in [2.24, 2.45) is 5.73 Å². The number of carbonyl (C=O) groups is 1. The molecule has 0 aromatic carbocycles. The summed E-state index contributed by atoms with van der Waals surface area (Å²) in [6.45, 7) is 0.689. The molecular weight excluding hydrogens is 308 g/mol. The van der Waals surface area contributed by atoms with Crippen LogP contribution in [-0.2, 0) is 16.1 Å². The number of rotatable bonds is 5. The second kappa shape index (κ2) is 7.04. The summed E-state index contributed by atoms with van der Waals surface area (Å²) in [5, 5.41) is 21.2. The Morgan fingerprint density at radius 3 is 2.83 bits per heavy atom. The molecule has 1 saturated heterocycles. The third-order valence-electron chi connectivity index (χ3n) is 3.48. The molecule has 23 heavy (non-hydrogen) atoms. The zero-order valence-electron chi connectivity index (χ0n) is 12.6. The first-order valence-corrected chi connectivity index (χ1v) is 7.14. The number of nitrogens with two attached hydrogens (primary N) is 1. The average molecular weight is 328 g/mol. The van der Waals surface area contributed by atoms with Crippen molar-refractivity contribution in [1.29, 1.82) is 0 Å². The lowest BCUT2D eigenvalue weighted by Gasteiger charge is -2.16. The molecule has 128 valence electrons. The minimum absolute atomic E-state index is 0.0926. The number of ether oxygens (including phenoxy) is 1. The van der Waals surface area contributed by atoms with Crippen molar-refractivity contribution in [3.63, 3.8) is 0 Å². The standard InChI is InChI=1S/C13H20N4O6/c1-7(14)15-10(20)5-17-11(21)2-3-16(13(17)22)12-4-8(19)9(6-18)23-12/h2-3,7-9,12,18-19H,4-6,14H2,1H3,(H,15,20)/t7?,8-,9+,12+/m0/s1. The van der Waals surface area contributed by atoms with Gasteiger partial charge in [0.1, 0.15) is 18.9 Å². The van der Waals surface area contributed by atoms with Crippen molar-refractivity contribution in [2.75, 3.05) is 6.61 Å². The van der Waals surface area contributed by atoms with Gasteiger partial charge in [0.15, 0.2) is 0 Å². The number of aliphatic hydroxyl groups is 2. The van der Waals surface area contributed by atoms with Gasteiger partial charge in [-0.2, -0.15) is 0 Å². The van der Waals surface area contributed by atoms with Gasteiger partial charge < -0.3 is 26.0 Å². The summed E-state index contributed by atoms with van der Waals surface area (Å²) >= 11 is 0. The van der Waals surface area contributed by atoms with Gasteiger partial charge in [-0.05, 0) is 6.92 Å². The number of hydrogen-bond donors (Lipinski definition) is 4. The van der Waals surface area contributed by atoms with Gasteiger partial charge in [0.2, 0.25) is 5.91 Å². The topological polar surface area (TPSA) is 149 Å². The van der Waals surface area contributed by atoms with Crippen molar-refractivity contribution < 1.29 is 19.7 Å². The van der Waals surface area contributed by atoms with Crippen LogP contribution in [0.3, 0.4) is 0 Å². The molecule has 0 aliphatic carbocycles. The maximum absolute atomic E-state index is 12.4. The Kier molecular flexibility index (Phi) is 5.31. The van der Waals surface area contributed by atoms with Crippen molar-refractivity contribution in [1.82, 2.24) is 14.5 Å². The van der Waals surface area contributed by atoms with Crippen LogP contribution in [0.1, 0.15) is 19.6 Å². The lowest BCUT2D eigenvalue weighted by atomic mass is 10.2. The molecule has 1 fully saturated rings. The largest absolute Gasteiger partial charge is 0.394 e. The fourth-order valence-electron chi connectivity index (χ4n) is 2.39. The van der Waals surface area contributed by atoms with Gasteiger partial charge in [-0.25, -0.2) is 4.79 Å². The quantitative estimate of drug-likeness (QED) is 0.423. The van der Waals surface area contributed by atoms with E-state index in [1.165, 1.54) is 6.20 Å². The Labute approximate surface area is 131 Å². The van der Waals surface area contributed by atoms with E-state index in [4.69, 9.17) is 15.6 Å². The van der Waals surface area contributed by atoms with Crippen molar-refractivity contribution >= 4 is 5.91 Å². The lowest BCUT2D eigenvalue weighted by Crippen LogP contribution is -2.47. The molecule has 1 aromatic rings. The van der Waals surface area contributed by atoms with Crippen LogP contribution in [0.15, 0.2) is 21.9 Å². The van der Waals surface area contributed by atoms with Gasteiger partial charge >= 0.3 is 5.69 Å². The zero-order chi connectivity index (χ0) is 17.1. The molecule has 2 rings (SSSR count). The Balaban J connectivity index is 2.27. The SMILES string of the molecule is CC(N)NC(=O)Cn1c(=O)ccn([C@H]2C[C@H](O)[C@@H](CO)O2)c1=O. The number of amides is 1. The second-order valence-electron chi connectivity index (χ2n) is 5.40. The van der Waals surface area contributed by atoms with E-state index >= 15 is 0 Å². The first kappa shape index (κ1) is 17.3. The summed E-state index contributed by atoms with van der Waals surface area (Å²) in [5.41, 5.74) is 4.05. The first-order chi connectivity index (χ1) is 10.8. The molecule has 5 N–H and O–H groups in total. The highest BCUT2D eigenvalue weighted by molar-refractivity contribution is 5.75. The third-order valence-corrected chi connectivity index (χ3v) is 3.48. The van der Waals surface area contributed by atoms with Gasteiger partial charge in [0.25, 0.3) is 5.56 Å². The predicted octanol–water partition coefficient (Wildman–Crippen LogP) is -2.93. The van der Waals surface area contributed by atoms with Crippen LogP contribution < -0.4 is 22.3 Å². The van der Waals surface area contributed by atoms with Gasteiger partial charge in [-0.3, -0.25) is 18.7 Å². The molecule has 10 nitrogen and oxygen atoms in total. The van der Waals surface area contributed by atoms with Gasteiger partial charge in [0, 0.05) is 18.7 Å². The fraction of sp³-hybridized carbons (Fsp3) is 0.615. The number of nitrogens with zero attached hydrogens (tertiary/aromatic N) is 2. The summed E-state index contributed by atoms with van der Waals surface area (Å²) in [7, 11) is 0. The minimum atomic E-state index is -0.918. The summed E-state index contributed by atoms with van der Waals surface area (Å²) in [6.07, 6.45) is -1.81. The Morgan fingerprint density at radius 1 is 1.57 bits per heavy atom. The van der Waals surface area contributed by atoms with E-state index in [0.717, 1.165) is 15.2 Å². The van der Waals surface area contributed by atoms with Crippen LogP contribution in [0.25, 0.3) is 0 Å². The molecule has 0 saturated carbocycles. The van der Waals surface area contributed by atoms with Gasteiger partial charge in [0.05, 0.1) is 18.9 Å². The van der Waals surface area contributed by atoms with Crippen LogP contribution in [-0.4, -0.2) is 50.2 Å². The number of aliphatic hydroxyl groups excluding tert-OH is 2. The molecule has 1 aromatic heterocycles. The van der Waals surface area contributed by atoms with E-state index in [2.05, 4.69) is 5.32 Å². The molecule has 1 amide bonds. The number of nitrogens with one attached hydrogen (secondary N) is 1. The molecule has 2 heterocycles. The molecule has 1 unspecified atom stereocenters. The van der Waals surface area contributed by atoms with Gasteiger partial charge in [-0.1, -0.05) is 0 Å². The second-order valence-corrected chi connectivity index (χ2v) is 5.40. The highest BCUT2D eigenvalue weighted by Gasteiger charge is 2.35. The van der Waals surface area contributed by atoms with E-state index in [1.807, 2.05) is 0 Å². The van der Waals surface area contributed by atoms with E-state index in [0.29, 0.717) is 0 Å². The third kappa shape index (κ3) is 3.85. The number of carbonyl (C=O) groups excluding carboxylic acids is 1. The van der Waals surface area contributed by atoms with Crippen LogP contribution in [0.2, 0.25) is 0 Å². The van der Waals surface area contributed by atoms with Crippen molar-refractivity contribution in [3.8, 4) is 0 Å². The predicted molar refractivity (Wildman–Crippen MR) is 78.4 cm³/mol. The van der Waals surface area contributed by atoms with Crippen molar-refractivity contribution in [3.05, 3.63) is 33.1 Å². The number of hydrogen-bond acceptors (Lipinski definition) is 7. The monoisotopic (exact) mass is 328 g/mol. The number of aromatic nitrogens is 2. The molecule has 0 spiro atoms. The van der Waals surface area contributed by atoms with Gasteiger partial charge in [-0.15, -0.1) is 0 Å². The van der Waals surface area contributed by atoms with E-state index in [9.17, 15) is 19.5 Å². The van der Waals surface area contributed by atoms with Crippen molar-refractivity contribution in [2.45, 2.75) is 44.5 Å². The fourth-order valence-corrected chi connectivity index (χ4v) is 2.39. The summed E-state index contributed by atoms with van der Waals surface area (Å²) in [6, 6.07) is 1.13.